The van der Waals surface area contributed by atoms with Crippen LogP contribution in [0.4, 0.5) is 0 Å². The van der Waals surface area contributed by atoms with Gasteiger partial charge in [-0.3, -0.25) is 0 Å². The molecule has 0 saturated carbocycles. The second-order valence-electron chi connectivity index (χ2n) is 3.79. The molecule has 0 heterocycles. The molecule has 1 atom stereocenters. The second-order valence-corrected chi connectivity index (χ2v) is 6.33. The first-order valence-electron chi connectivity index (χ1n) is 6.02. The largest absolute Gasteiger partial charge is 0.497 e. The van der Waals surface area contributed by atoms with Gasteiger partial charge in [0.2, 0.25) is 0 Å². The predicted molar refractivity (Wildman–Crippen MR) is 66.5 cm³/mol. The van der Waals surface area contributed by atoms with Gasteiger partial charge < -0.3 is 18.0 Å². The van der Waals surface area contributed by atoms with Crippen molar-refractivity contribution in [2.75, 3.05) is 26.9 Å². The van der Waals surface area contributed by atoms with E-state index in [-0.39, 0.29) is 6.10 Å². The monoisotopic (exact) mass is 250 g/mol. The topological polar surface area (TPSA) is 36.9 Å². The van der Waals surface area contributed by atoms with Crippen molar-refractivity contribution in [3.8, 4) is 0 Å². The third-order valence-corrected chi connectivity index (χ3v) is 4.64. The summed E-state index contributed by atoms with van der Waals surface area (Å²) in [7, 11) is -0.700. The fourth-order valence-electron chi connectivity index (χ4n) is 1.57. The van der Waals surface area contributed by atoms with Crippen molar-refractivity contribution in [3.05, 3.63) is 0 Å². The van der Waals surface area contributed by atoms with Crippen LogP contribution in [0.2, 0.25) is 6.55 Å². The summed E-state index contributed by atoms with van der Waals surface area (Å²) in [4.78, 5) is 0. The van der Waals surface area contributed by atoms with E-state index in [0.29, 0.717) is 13.2 Å². The van der Waals surface area contributed by atoms with E-state index in [2.05, 4.69) is 6.92 Å². The van der Waals surface area contributed by atoms with E-state index < -0.39 is 8.80 Å². The first-order valence-corrected chi connectivity index (χ1v) is 8.25. The highest BCUT2D eigenvalue weighted by atomic mass is 28.4. The van der Waals surface area contributed by atoms with E-state index in [1.54, 1.807) is 7.11 Å². The van der Waals surface area contributed by atoms with Gasteiger partial charge in [0, 0.05) is 39.6 Å². The molecule has 0 aromatic heterocycles. The van der Waals surface area contributed by atoms with Gasteiger partial charge in [-0.2, -0.15) is 0 Å². The van der Waals surface area contributed by atoms with E-state index in [4.69, 9.17) is 18.0 Å². The molecule has 16 heavy (non-hydrogen) atoms. The van der Waals surface area contributed by atoms with Crippen molar-refractivity contribution in [3.63, 3.8) is 0 Å². The van der Waals surface area contributed by atoms with Gasteiger partial charge in [0.1, 0.15) is 0 Å². The molecule has 0 fully saturated rings. The number of hydrogen-bond donors (Lipinski definition) is 0. The van der Waals surface area contributed by atoms with Gasteiger partial charge in [-0.05, 0) is 33.6 Å². The third-order valence-electron chi connectivity index (χ3n) is 2.19. The minimum atomic E-state index is -2.41. The molecule has 0 N–H and O–H groups in total. The maximum atomic E-state index is 5.90. The Hall–Kier alpha value is 0.0569. The summed E-state index contributed by atoms with van der Waals surface area (Å²) in [5.74, 6) is 0. The first kappa shape index (κ1) is 16.1. The highest BCUT2D eigenvalue weighted by molar-refractivity contribution is 6.59. The Balaban J connectivity index is 3.96. The van der Waals surface area contributed by atoms with E-state index in [0.717, 1.165) is 19.4 Å². The summed E-state index contributed by atoms with van der Waals surface area (Å²) in [5, 5.41) is 0. The number of hydrogen-bond acceptors (Lipinski definition) is 4. The lowest BCUT2D eigenvalue weighted by Gasteiger charge is -2.28. The quantitative estimate of drug-likeness (QED) is 0.441. The molecule has 0 amide bonds. The van der Waals surface area contributed by atoms with Gasteiger partial charge in [-0.15, -0.1) is 0 Å². The lowest BCUT2D eigenvalue weighted by Crippen LogP contribution is -2.45. The van der Waals surface area contributed by atoms with Gasteiger partial charge in [0.05, 0.1) is 0 Å². The molecule has 98 valence electrons. The summed E-state index contributed by atoms with van der Waals surface area (Å²) < 4.78 is 22.1. The van der Waals surface area contributed by atoms with Crippen LogP contribution in [0.25, 0.3) is 0 Å². The van der Waals surface area contributed by atoms with Crippen molar-refractivity contribution in [2.45, 2.75) is 46.3 Å². The van der Waals surface area contributed by atoms with Crippen LogP contribution in [0, 0.1) is 0 Å². The van der Waals surface area contributed by atoms with Gasteiger partial charge in [0.25, 0.3) is 0 Å². The minimum absolute atomic E-state index is 0.157. The molecule has 0 aliphatic heterocycles. The molecule has 0 saturated heterocycles. The van der Waals surface area contributed by atoms with Crippen LogP contribution in [0.15, 0.2) is 0 Å². The van der Waals surface area contributed by atoms with Crippen molar-refractivity contribution in [1.82, 2.24) is 0 Å². The van der Waals surface area contributed by atoms with Gasteiger partial charge in [-0.1, -0.05) is 0 Å². The van der Waals surface area contributed by atoms with E-state index in [1.165, 1.54) is 0 Å². The molecule has 0 rings (SSSR count). The van der Waals surface area contributed by atoms with Crippen LogP contribution in [0.3, 0.4) is 0 Å². The first-order chi connectivity index (χ1) is 7.58. The molecule has 0 aliphatic carbocycles. The Morgan fingerprint density at radius 2 is 1.69 bits per heavy atom. The molecular formula is C11H26O4Si. The number of ether oxygens (including phenoxy) is 1. The van der Waals surface area contributed by atoms with E-state index in [1.807, 2.05) is 20.4 Å². The Kier molecular flexibility index (Phi) is 9.16. The highest BCUT2D eigenvalue weighted by Gasteiger charge is 2.35. The lowest BCUT2D eigenvalue weighted by atomic mass is 10.2. The molecule has 0 aromatic rings. The fourth-order valence-corrected chi connectivity index (χ4v) is 3.69. The van der Waals surface area contributed by atoms with Gasteiger partial charge in [0.15, 0.2) is 0 Å². The van der Waals surface area contributed by atoms with E-state index in [9.17, 15) is 0 Å². The lowest BCUT2D eigenvalue weighted by molar-refractivity contribution is 0.0382. The summed E-state index contributed by atoms with van der Waals surface area (Å²) in [5.41, 5.74) is 0. The molecule has 0 radical (unpaired) electrons. The second kappa shape index (κ2) is 9.12. The minimum Gasteiger partial charge on any atom is -0.385 e. The Labute approximate surface area is 101 Å². The maximum absolute atomic E-state index is 5.90. The van der Waals surface area contributed by atoms with Crippen molar-refractivity contribution >= 4 is 8.80 Å². The summed E-state index contributed by atoms with van der Waals surface area (Å²) >= 11 is 0. The summed E-state index contributed by atoms with van der Waals surface area (Å²) in [6.07, 6.45) is 2.13. The van der Waals surface area contributed by atoms with E-state index >= 15 is 0 Å². The molecule has 0 aliphatic rings. The van der Waals surface area contributed by atoms with Crippen LogP contribution in [-0.4, -0.2) is 41.8 Å². The molecule has 0 aromatic carbocycles. The zero-order valence-corrected chi connectivity index (χ0v) is 12.2. The molecular weight excluding hydrogens is 224 g/mol. The SMILES string of the molecule is CCO[Si](C)(OCC)OC(C)CCCOC. The van der Waals surface area contributed by atoms with Crippen molar-refractivity contribution in [2.24, 2.45) is 0 Å². The third kappa shape index (κ3) is 7.35. The summed E-state index contributed by atoms with van der Waals surface area (Å²) in [6, 6.07) is 0. The Morgan fingerprint density at radius 3 is 2.12 bits per heavy atom. The van der Waals surface area contributed by atoms with Crippen LogP contribution in [0.1, 0.15) is 33.6 Å². The van der Waals surface area contributed by atoms with Gasteiger partial charge in [-0.25, -0.2) is 0 Å². The molecule has 0 bridgehead atoms. The molecule has 0 spiro atoms. The highest BCUT2D eigenvalue weighted by Crippen LogP contribution is 2.14. The molecule has 1 unspecified atom stereocenters. The molecule has 5 heteroatoms. The smallest absolute Gasteiger partial charge is 0.385 e. The maximum Gasteiger partial charge on any atom is 0.497 e. The summed E-state index contributed by atoms with van der Waals surface area (Å²) in [6.45, 7) is 9.97. The van der Waals surface area contributed by atoms with Crippen molar-refractivity contribution in [1.29, 1.82) is 0 Å². The van der Waals surface area contributed by atoms with Crippen LogP contribution in [-0.2, 0) is 18.0 Å². The Bertz CT molecular complexity index is 160. The molecule has 4 nitrogen and oxygen atoms in total. The van der Waals surface area contributed by atoms with Crippen LogP contribution >= 0.6 is 0 Å². The predicted octanol–water partition coefficient (Wildman–Crippen LogP) is 2.46. The zero-order valence-electron chi connectivity index (χ0n) is 11.2. The Morgan fingerprint density at radius 1 is 1.12 bits per heavy atom. The average Bonchev–Trinajstić information content (AvgIpc) is 2.18. The number of rotatable bonds is 10. The van der Waals surface area contributed by atoms with Crippen molar-refractivity contribution < 1.29 is 18.0 Å². The normalized spacial score (nSPS) is 14.1. The van der Waals surface area contributed by atoms with Crippen LogP contribution < -0.4 is 0 Å². The standard InChI is InChI=1S/C11H26O4Si/c1-6-13-16(5,14-7-2)15-11(3)9-8-10-12-4/h11H,6-10H2,1-5H3. The fraction of sp³-hybridized carbons (Fsp3) is 1.00. The average molecular weight is 250 g/mol. The van der Waals surface area contributed by atoms with Crippen LogP contribution in [0.5, 0.6) is 0 Å². The van der Waals surface area contributed by atoms with Gasteiger partial charge >= 0.3 is 8.80 Å². The zero-order chi connectivity index (χ0) is 12.4. The number of methoxy groups -OCH3 is 1.